The van der Waals surface area contributed by atoms with Crippen LogP contribution < -0.4 is 0 Å². The molecule has 0 radical (unpaired) electrons. The summed E-state index contributed by atoms with van der Waals surface area (Å²) in [6, 6.07) is 11.2. The summed E-state index contributed by atoms with van der Waals surface area (Å²) in [4.78, 5) is 6.74. The van der Waals surface area contributed by atoms with E-state index in [4.69, 9.17) is 0 Å². The summed E-state index contributed by atoms with van der Waals surface area (Å²) in [5, 5.41) is 12.5. The SMILES string of the molecule is C.Cc1ccc2c(c1)c1c(n2C(C)C(O)c2ccncc2)CCN2CCCC12. The zero-order valence-electron chi connectivity index (χ0n) is 16.1. The Morgan fingerprint density at radius 3 is 2.71 bits per heavy atom. The predicted molar refractivity (Wildman–Crippen MR) is 115 cm³/mol. The Bertz CT molecular complexity index is 978. The van der Waals surface area contributed by atoms with Crippen LogP contribution in [0, 0.1) is 6.92 Å². The van der Waals surface area contributed by atoms with Gasteiger partial charge < -0.3 is 9.67 Å². The lowest BCUT2D eigenvalue weighted by Gasteiger charge is -2.32. The Labute approximate surface area is 167 Å². The van der Waals surface area contributed by atoms with Crippen LogP contribution in [0.5, 0.6) is 0 Å². The number of rotatable bonds is 3. The summed E-state index contributed by atoms with van der Waals surface area (Å²) < 4.78 is 2.42. The van der Waals surface area contributed by atoms with E-state index in [0.717, 1.165) is 18.5 Å². The van der Waals surface area contributed by atoms with Gasteiger partial charge in [-0.3, -0.25) is 9.88 Å². The minimum Gasteiger partial charge on any atom is -0.386 e. The summed E-state index contributed by atoms with van der Waals surface area (Å²) in [5.41, 5.74) is 6.45. The molecule has 4 nitrogen and oxygen atoms in total. The highest BCUT2D eigenvalue weighted by molar-refractivity contribution is 5.87. The van der Waals surface area contributed by atoms with Crippen molar-refractivity contribution in [3.8, 4) is 0 Å². The van der Waals surface area contributed by atoms with Crippen LogP contribution in [0.15, 0.2) is 42.7 Å². The van der Waals surface area contributed by atoms with Crippen LogP contribution in [0.2, 0.25) is 0 Å². The fraction of sp³-hybridized carbons (Fsp3) is 0.458. The Morgan fingerprint density at radius 2 is 1.93 bits per heavy atom. The molecule has 4 heteroatoms. The molecule has 2 aliphatic heterocycles. The van der Waals surface area contributed by atoms with Crippen LogP contribution >= 0.6 is 0 Å². The molecule has 0 bridgehead atoms. The molecule has 28 heavy (non-hydrogen) atoms. The average Bonchev–Trinajstić information content (AvgIpc) is 3.29. The largest absolute Gasteiger partial charge is 0.386 e. The van der Waals surface area contributed by atoms with Gasteiger partial charge in [0.15, 0.2) is 0 Å². The van der Waals surface area contributed by atoms with Gasteiger partial charge in [-0.15, -0.1) is 0 Å². The Balaban J connectivity index is 0.00000192. The number of nitrogens with zero attached hydrogens (tertiary/aromatic N) is 3. The summed E-state index contributed by atoms with van der Waals surface area (Å²) in [5.74, 6) is 0. The van der Waals surface area contributed by atoms with Gasteiger partial charge in [0.2, 0.25) is 0 Å². The molecule has 2 aromatic heterocycles. The molecule has 1 fully saturated rings. The first kappa shape index (κ1) is 19.2. The van der Waals surface area contributed by atoms with Crippen molar-refractivity contribution in [3.63, 3.8) is 0 Å². The van der Waals surface area contributed by atoms with Crippen molar-refractivity contribution in [1.29, 1.82) is 0 Å². The maximum atomic E-state index is 11.1. The van der Waals surface area contributed by atoms with Crippen molar-refractivity contribution in [3.05, 3.63) is 65.1 Å². The summed E-state index contributed by atoms with van der Waals surface area (Å²) in [6.07, 6.45) is 6.57. The molecule has 3 unspecified atom stereocenters. The van der Waals surface area contributed by atoms with Crippen LogP contribution in [0.3, 0.4) is 0 Å². The van der Waals surface area contributed by atoms with E-state index in [1.54, 1.807) is 12.4 Å². The van der Waals surface area contributed by atoms with Crippen LogP contribution in [-0.2, 0) is 6.42 Å². The standard InChI is InChI=1S/C23H27N3O.CH4/c1-15-5-6-19-18(14-15)22-20-4-3-12-25(20)13-9-21(22)26(19)16(2)23(27)17-7-10-24-11-8-17;/h5-8,10-11,14,16,20,23,27H,3-4,9,12-13H2,1-2H3;1H4. The monoisotopic (exact) mass is 377 g/mol. The van der Waals surface area contributed by atoms with Crippen molar-refractivity contribution in [1.82, 2.24) is 14.5 Å². The van der Waals surface area contributed by atoms with E-state index < -0.39 is 6.10 Å². The second kappa shape index (κ2) is 7.34. The number of benzene rings is 1. The van der Waals surface area contributed by atoms with Crippen molar-refractivity contribution in [2.45, 2.75) is 58.7 Å². The van der Waals surface area contributed by atoms with Crippen molar-refractivity contribution >= 4 is 10.9 Å². The minimum absolute atomic E-state index is 0. The number of hydrogen-bond acceptors (Lipinski definition) is 3. The van der Waals surface area contributed by atoms with Gasteiger partial charge in [-0.25, -0.2) is 0 Å². The lowest BCUT2D eigenvalue weighted by Crippen LogP contribution is -2.32. The molecule has 3 aromatic rings. The number of aliphatic hydroxyl groups excluding tert-OH is 1. The first-order valence-electron chi connectivity index (χ1n) is 10.1. The van der Waals surface area contributed by atoms with Crippen LogP contribution in [0.1, 0.15) is 67.8 Å². The molecule has 1 N–H and O–H groups in total. The number of aliphatic hydroxyl groups is 1. The molecule has 5 rings (SSSR count). The second-order valence-electron chi connectivity index (χ2n) is 8.16. The molecule has 0 saturated carbocycles. The lowest BCUT2D eigenvalue weighted by molar-refractivity contribution is 0.121. The molecule has 1 saturated heterocycles. The number of aromatic nitrogens is 2. The van der Waals surface area contributed by atoms with E-state index in [-0.39, 0.29) is 13.5 Å². The first-order valence-corrected chi connectivity index (χ1v) is 10.1. The Hall–Kier alpha value is -2.17. The van der Waals surface area contributed by atoms with Crippen LogP contribution in [-0.4, -0.2) is 32.6 Å². The van der Waals surface area contributed by atoms with E-state index in [2.05, 4.69) is 46.5 Å². The van der Waals surface area contributed by atoms with E-state index in [0.29, 0.717) is 6.04 Å². The van der Waals surface area contributed by atoms with Crippen LogP contribution in [0.4, 0.5) is 0 Å². The van der Waals surface area contributed by atoms with Gasteiger partial charge in [-0.05, 0) is 68.6 Å². The normalized spacial score (nSPS) is 21.0. The quantitative estimate of drug-likeness (QED) is 0.701. The third kappa shape index (κ3) is 2.87. The van der Waals surface area contributed by atoms with E-state index in [1.165, 1.54) is 47.1 Å². The van der Waals surface area contributed by atoms with Crippen LogP contribution in [0.25, 0.3) is 10.9 Å². The fourth-order valence-electron chi connectivity index (χ4n) is 5.25. The van der Waals surface area contributed by atoms with Gasteiger partial charge in [0.25, 0.3) is 0 Å². The molecular weight excluding hydrogens is 346 g/mol. The summed E-state index contributed by atoms with van der Waals surface area (Å²) in [7, 11) is 0. The molecule has 4 heterocycles. The molecule has 3 atom stereocenters. The highest BCUT2D eigenvalue weighted by Gasteiger charge is 2.36. The van der Waals surface area contributed by atoms with Gasteiger partial charge in [0.1, 0.15) is 0 Å². The van der Waals surface area contributed by atoms with Gasteiger partial charge in [-0.1, -0.05) is 19.1 Å². The van der Waals surface area contributed by atoms with E-state index >= 15 is 0 Å². The number of hydrogen-bond donors (Lipinski definition) is 1. The Morgan fingerprint density at radius 1 is 1.14 bits per heavy atom. The van der Waals surface area contributed by atoms with Crippen molar-refractivity contribution in [2.24, 2.45) is 0 Å². The highest BCUT2D eigenvalue weighted by Crippen LogP contribution is 2.45. The number of fused-ring (bicyclic) bond motifs is 5. The maximum Gasteiger partial charge on any atom is 0.0995 e. The van der Waals surface area contributed by atoms with E-state index in [1.807, 2.05) is 12.1 Å². The molecule has 2 aliphatic rings. The van der Waals surface area contributed by atoms with Gasteiger partial charge in [0.05, 0.1) is 12.1 Å². The summed E-state index contributed by atoms with van der Waals surface area (Å²) in [6.45, 7) is 6.67. The zero-order chi connectivity index (χ0) is 18.5. The predicted octanol–water partition coefficient (Wildman–Crippen LogP) is 4.97. The molecular formula is C24H31N3O. The molecule has 148 valence electrons. The average molecular weight is 378 g/mol. The third-order valence-corrected chi connectivity index (χ3v) is 6.55. The smallest absolute Gasteiger partial charge is 0.0995 e. The maximum absolute atomic E-state index is 11.1. The van der Waals surface area contributed by atoms with Crippen molar-refractivity contribution in [2.75, 3.05) is 13.1 Å². The van der Waals surface area contributed by atoms with Crippen molar-refractivity contribution < 1.29 is 5.11 Å². The molecule has 0 aliphatic carbocycles. The van der Waals surface area contributed by atoms with E-state index in [9.17, 15) is 5.11 Å². The second-order valence-corrected chi connectivity index (χ2v) is 8.16. The van der Waals surface area contributed by atoms with Gasteiger partial charge in [-0.2, -0.15) is 0 Å². The topological polar surface area (TPSA) is 41.3 Å². The molecule has 1 aromatic carbocycles. The number of pyridine rings is 1. The third-order valence-electron chi connectivity index (χ3n) is 6.55. The minimum atomic E-state index is -0.546. The zero-order valence-corrected chi connectivity index (χ0v) is 16.1. The highest BCUT2D eigenvalue weighted by atomic mass is 16.3. The molecule has 0 spiro atoms. The Kier molecular flexibility index (Phi) is 5.02. The van der Waals surface area contributed by atoms with Gasteiger partial charge in [0, 0.05) is 48.0 Å². The summed E-state index contributed by atoms with van der Waals surface area (Å²) >= 11 is 0. The first-order chi connectivity index (χ1) is 13.1. The molecule has 0 amide bonds. The number of aryl methyl sites for hydroxylation is 1. The fourth-order valence-corrected chi connectivity index (χ4v) is 5.25. The van der Waals surface area contributed by atoms with Gasteiger partial charge >= 0.3 is 0 Å². The lowest BCUT2D eigenvalue weighted by atomic mass is 9.95.